The fourth-order valence-corrected chi connectivity index (χ4v) is 3.84. The van der Waals surface area contributed by atoms with Crippen molar-refractivity contribution in [1.29, 1.82) is 0 Å². The topological polar surface area (TPSA) is 75.9 Å². The number of hydrogen-bond acceptors (Lipinski definition) is 4. The lowest BCUT2D eigenvalue weighted by atomic mass is 9.89. The molecule has 144 valence electrons. The zero-order valence-corrected chi connectivity index (χ0v) is 15.8. The lowest BCUT2D eigenvalue weighted by Crippen LogP contribution is -2.21. The fraction of sp³-hybridized carbons (Fsp3) is 0.273. The van der Waals surface area contributed by atoms with Gasteiger partial charge in [-0.3, -0.25) is 4.79 Å². The van der Waals surface area contributed by atoms with Gasteiger partial charge < -0.3 is 19.6 Å². The molecule has 1 unspecified atom stereocenters. The predicted molar refractivity (Wildman–Crippen MR) is 107 cm³/mol. The van der Waals surface area contributed by atoms with Gasteiger partial charge in [-0.05, 0) is 37.1 Å². The number of nitrogens with one attached hydrogen (secondary N) is 1. The highest BCUT2D eigenvalue weighted by Gasteiger charge is 2.30. The summed E-state index contributed by atoms with van der Waals surface area (Å²) in [6.45, 7) is 6.50. The molecule has 28 heavy (non-hydrogen) atoms. The molecular weight excluding hydrogens is 354 g/mol. The van der Waals surface area contributed by atoms with Crippen LogP contribution in [0.4, 0.5) is 0 Å². The summed E-state index contributed by atoms with van der Waals surface area (Å²) in [7, 11) is 0. The van der Waals surface area contributed by atoms with E-state index in [4.69, 9.17) is 9.72 Å². The second-order valence-corrected chi connectivity index (χ2v) is 6.86. The summed E-state index contributed by atoms with van der Waals surface area (Å²) >= 11 is 0. The summed E-state index contributed by atoms with van der Waals surface area (Å²) in [5.41, 5.74) is 4.35. The van der Waals surface area contributed by atoms with Crippen LogP contribution in [0.5, 0.6) is 11.5 Å². The fourth-order valence-electron chi connectivity index (χ4n) is 3.84. The molecule has 0 spiro atoms. The quantitative estimate of drug-likeness (QED) is 0.669. The first-order valence-electron chi connectivity index (χ1n) is 9.44. The van der Waals surface area contributed by atoms with Gasteiger partial charge in [-0.2, -0.15) is 0 Å². The van der Waals surface area contributed by atoms with Crippen molar-refractivity contribution in [2.45, 2.75) is 32.2 Å². The Balaban J connectivity index is 1.92. The van der Waals surface area contributed by atoms with E-state index in [1.165, 1.54) is 0 Å². The molecule has 4 rings (SSSR count). The van der Waals surface area contributed by atoms with E-state index in [1.54, 1.807) is 6.08 Å². The van der Waals surface area contributed by atoms with E-state index in [0.717, 1.165) is 28.2 Å². The van der Waals surface area contributed by atoms with Crippen LogP contribution in [-0.2, 0) is 17.8 Å². The zero-order valence-electron chi connectivity index (χ0n) is 15.8. The third-order valence-electron chi connectivity index (χ3n) is 5.06. The highest BCUT2D eigenvalue weighted by atomic mass is 16.5. The highest BCUT2D eigenvalue weighted by Crippen LogP contribution is 2.39. The number of fused-ring (bicyclic) bond motifs is 3. The summed E-state index contributed by atoms with van der Waals surface area (Å²) in [6.07, 6.45) is 4.53. The van der Waals surface area contributed by atoms with Crippen LogP contribution in [0, 0.1) is 0 Å². The molecule has 6 heteroatoms. The molecule has 6 nitrogen and oxygen atoms in total. The molecule has 0 fully saturated rings. The molecule has 3 heterocycles. The van der Waals surface area contributed by atoms with Crippen molar-refractivity contribution >= 4 is 11.6 Å². The first-order valence-corrected chi connectivity index (χ1v) is 9.44. The zero-order chi connectivity index (χ0) is 19.7. The summed E-state index contributed by atoms with van der Waals surface area (Å²) in [5, 5.41) is 13.5. The molecule has 1 atom stereocenters. The summed E-state index contributed by atoms with van der Waals surface area (Å²) < 4.78 is 7.71. The van der Waals surface area contributed by atoms with E-state index in [-0.39, 0.29) is 17.6 Å². The molecule has 0 aliphatic carbocycles. The molecule has 2 aromatic heterocycles. The van der Waals surface area contributed by atoms with Gasteiger partial charge in [-0.15, -0.1) is 6.58 Å². The Morgan fingerprint density at radius 1 is 1.43 bits per heavy atom. The Labute approximate surface area is 163 Å². The molecule has 2 N–H and O–H groups in total. The van der Waals surface area contributed by atoms with Gasteiger partial charge in [-0.25, -0.2) is 4.98 Å². The molecule has 1 aliphatic heterocycles. The SMILES string of the molecule is C=CCc1cc(C2CC(=O)NCc3nc4ccccn4c32)cc(OCC)c1O. The van der Waals surface area contributed by atoms with Crippen molar-refractivity contribution in [3.05, 3.63) is 71.7 Å². The Morgan fingerprint density at radius 2 is 2.29 bits per heavy atom. The smallest absolute Gasteiger partial charge is 0.221 e. The summed E-state index contributed by atoms with van der Waals surface area (Å²) in [4.78, 5) is 17.1. The molecule has 0 saturated heterocycles. The minimum absolute atomic E-state index is 0.0241. The number of benzene rings is 1. The molecule has 0 radical (unpaired) electrons. The number of aromatic nitrogens is 2. The lowest BCUT2D eigenvalue weighted by Gasteiger charge is -2.19. The van der Waals surface area contributed by atoms with Crippen LogP contribution in [0.15, 0.2) is 49.2 Å². The third-order valence-corrected chi connectivity index (χ3v) is 5.06. The Bertz CT molecular complexity index is 1050. The van der Waals surface area contributed by atoms with Crippen molar-refractivity contribution in [1.82, 2.24) is 14.7 Å². The first-order chi connectivity index (χ1) is 13.6. The van der Waals surface area contributed by atoms with Crippen molar-refractivity contribution < 1.29 is 14.6 Å². The van der Waals surface area contributed by atoms with Crippen molar-refractivity contribution in [3.8, 4) is 11.5 Å². The normalized spacial score (nSPS) is 16.3. The number of allylic oxidation sites excluding steroid dienone is 1. The largest absolute Gasteiger partial charge is 0.504 e. The minimum Gasteiger partial charge on any atom is -0.504 e. The van der Waals surface area contributed by atoms with E-state index < -0.39 is 0 Å². The standard InChI is InChI=1S/C22H23N3O3/c1-3-7-14-10-15(11-18(22(14)27)28-4-2)16-12-20(26)23-13-17-21(16)25-9-6-5-8-19(25)24-17/h3,5-6,8-11,16,27H,1,4,7,12-13H2,2H3,(H,23,26). The van der Waals surface area contributed by atoms with Crippen molar-refractivity contribution in [2.24, 2.45) is 0 Å². The average Bonchev–Trinajstić information content (AvgIpc) is 2.97. The van der Waals surface area contributed by atoms with Crippen LogP contribution in [0.1, 0.15) is 41.8 Å². The maximum atomic E-state index is 12.4. The number of amides is 1. The van der Waals surface area contributed by atoms with Gasteiger partial charge in [0.25, 0.3) is 0 Å². The molecule has 3 aromatic rings. The second-order valence-electron chi connectivity index (χ2n) is 6.86. The summed E-state index contributed by atoms with van der Waals surface area (Å²) in [5.74, 6) is 0.334. The number of aromatic hydroxyl groups is 1. The minimum atomic E-state index is -0.196. The number of ether oxygens (including phenoxy) is 1. The Kier molecular flexibility index (Phi) is 4.77. The number of rotatable bonds is 5. The number of carbonyl (C=O) groups excluding carboxylic acids is 1. The number of phenols is 1. The van der Waals surface area contributed by atoms with E-state index >= 15 is 0 Å². The molecule has 0 saturated carbocycles. The predicted octanol–water partition coefficient (Wildman–Crippen LogP) is 3.32. The van der Waals surface area contributed by atoms with Gasteiger partial charge in [0, 0.05) is 24.1 Å². The molecule has 1 amide bonds. The highest BCUT2D eigenvalue weighted by molar-refractivity contribution is 5.78. The van der Waals surface area contributed by atoms with Gasteiger partial charge in [0.15, 0.2) is 11.5 Å². The lowest BCUT2D eigenvalue weighted by molar-refractivity contribution is -0.121. The van der Waals surface area contributed by atoms with Crippen LogP contribution < -0.4 is 10.1 Å². The number of hydrogen-bond donors (Lipinski definition) is 2. The maximum absolute atomic E-state index is 12.4. The van der Waals surface area contributed by atoms with E-state index in [2.05, 4.69) is 11.9 Å². The summed E-state index contributed by atoms with van der Waals surface area (Å²) in [6, 6.07) is 9.64. The Morgan fingerprint density at radius 3 is 3.07 bits per heavy atom. The van der Waals surface area contributed by atoms with E-state index in [9.17, 15) is 9.90 Å². The number of phenolic OH excluding ortho intramolecular Hbond substituents is 1. The molecule has 1 aromatic carbocycles. The first kappa shape index (κ1) is 18.1. The maximum Gasteiger partial charge on any atom is 0.221 e. The molecule has 1 aliphatic rings. The van der Waals surface area contributed by atoms with Crippen LogP contribution >= 0.6 is 0 Å². The van der Waals surface area contributed by atoms with Gasteiger partial charge in [0.1, 0.15) is 5.65 Å². The van der Waals surface area contributed by atoms with Crippen LogP contribution in [0.3, 0.4) is 0 Å². The van der Waals surface area contributed by atoms with Crippen molar-refractivity contribution in [3.63, 3.8) is 0 Å². The van der Waals surface area contributed by atoms with Crippen molar-refractivity contribution in [2.75, 3.05) is 6.61 Å². The number of pyridine rings is 1. The van der Waals surface area contributed by atoms with Gasteiger partial charge >= 0.3 is 0 Å². The molecular formula is C22H23N3O3. The van der Waals surface area contributed by atoms with Gasteiger partial charge in [0.2, 0.25) is 5.91 Å². The number of nitrogens with zero attached hydrogens (tertiary/aromatic N) is 2. The van der Waals surface area contributed by atoms with E-state index in [0.29, 0.717) is 31.7 Å². The van der Waals surface area contributed by atoms with Gasteiger partial charge in [-0.1, -0.05) is 18.2 Å². The van der Waals surface area contributed by atoms with E-state index in [1.807, 2.05) is 47.9 Å². The Hall–Kier alpha value is -3.28. The van der Waals surface area contributed by atoms with Crippen LogP contribution in [0.2, 0.25) is 0 Å². The second kappa shape index (κ2) is 7.38. The monoisotopic (exact) mass is 377 g/mol. The number of imidazole rings is 1. The molecule has 0 bridgehead atoms. The average molecular weight is 377 g/mol. The van der Waals surface area contributed by atoms with Crippen LogP contribution in [0.25, 0.3) is 5.65 Å². The van der Waals surface area contributed by atoms with Gasteiger partial charge in [0.05, 0.1) is 24.5 Å². The third kappa shape index (κ3) is 3.11. The van der Waals surface area contributed by atoms with Crippen LogP contribution in [-0.4, -0.2) is 27.0 Å². The number of carbonyl (C=O) groups is 1.